The van der Waals surface area contributed by atoms with Crippen LogP contribution in [0.3, 0.4) is 0 Å². The van der Waals surface area contributed by atoms with E-state index in [9.17, 15) is 14.0 Å². The number of alkyl halides is 1. The molecule has 24 heavy (non-hydrogen) atoms. The van der Waals surface area contributed by atoms with E-state index in [0.29, 0.717) is 0 Å². The van der Waals surface area contributed by atoms with Crippen LogP contribution in [0.2, 0.25) is 0 Å². The van der Waals surface area contributed by atoms with Gasteiger partial charge in [0.25, 0.3) is 0 Å². The summed E-state index contributed by atoms with van der Waals surface area (Å²) in [6.07, 6.45) is 3.07. The van der Waals surface area contributed by atoms with Crippen LogP contribution in [-0.2, 0) is 9.59 Å². The minimum absolute atomic E-state index is 0. The van der Waals surface area contributed by atoms with E-state index in [1.165, 1.54) is 18.2 Å². The molecule has 1 aromatic carbocycles. The number of carbonyl (C=O) groups excluding carboxylic acids is 1. The van der Waals surface area contributed by atoms with Gasteiger partial charge in [-0.05, 0) is 18.6 Å². The zero-order valence-electron chi connectivity index (χ0n) is 12.3. The van der Waals surface area contributed by atoms with Crippen molar-refractivity contribution in [2.45, 2.75) is 17.5 Å². The largest absolute Gasteiger partial charge is 0.520 e. The molecule has 2 N–H and O–H groups in total. The van der Waals surface area contributed by atoms with Gasteiger partial charge in [0.2, 0.25) is 6.86 Å². The van der Waals surface area contributed by atoms with Gasteiger partial charge >= 0.3 is 12.0 Å². The number of aryl methyl sites for hydroxylation is 1. The Bertz CT molecular complexity index is 721. The first-order valence-corrected chi connectivity index (χ1v) is 7.43. The molecule has 0 bridgehead atoms. The third kappa shape index (κ3) is 4.54. The van der Waals surface area contributed by atoms with Crippen LogP contribution in [0.5, 0.6) is 6.01 Å². The number of hydrogen-bond acceptors (Lipinski definition) is 6. The Balaban J connectivity index is 0.000000252. The average molecular weight is 595 g/mol. The summed E-state index contributed by atoms with van der Waals surface area (Å²) in [7, 11) is 0. The molecule has 2 atom stereocenters. The molecule has 7 nitrogen and oxygen atoms in total. The van der Waals surface area contributed by atoms with E-state index in [1.54, 1.807) is 6.20 Å². The second-order valence-corrected chi connectivity index (χ2v) is 5.76. The van der Waals surface area contributed by atoms with Crippen LogP contribution in [-0.4, -0.2) is 44.9 Å². The van der Waals surface area contributed by atoms with Crippen molar-refractivity contribution in [2.75, 3.05) is 6.86 Å². The molecule has 1 fully saturated rings. The SMILES string of the molecule is Cc1cccc2nc(OCF)ncc12.O=[C-]NC1SC1C(=O)O.[Fm]. The number of amides is 1. The van der Waals surface area contributed by atoms with Crippen LogP contribution in [0.25, 0.3) is 10.9 Å². The maximum atomic E-state index is 11.9. The molecule has 2 aromatic rings. The van der Waals surface area contributed by atoms with Crippen LogP contribution < -0.4 is 10.1 Å². The molecule has 3 rings (SSSR count). The van der Waals surface area contributed by atoms with Crippen molar-refractivity contribution in [3.05, 3.63) is 30.0 Å². The number of rotatable bonds is 5. The summed E-state index contributed by atoms with van der Waals surface area (Å²) in [4.78, 5) is 27.6. The molecular formula is C14H13FFmN3O4S-. The summed E-state index contributed by atoms with van der Waals surface area (Å²) in [5.74, 6) is -0.882. The number of nitrogens with one attached hydrogen (secondary N) is 1. The molecule has 1 aliphatic heterocycles. The number of nitrogens with zero attached hydrogens (tertiary/aromatic N) is 2. The maximum Gasteiger partial charge on any atom is 0.319 e. The van der Waals surface area contributed by atoms with Gasteiger partial charge in [-0.2, -0.15) is 11.4 Å². The number of halogens is 1. The fraction of sp³-hybridized carbons (Fsp3) is 0.286. The maximum absolute atomic E-state index is 11.9. The van der Waals surface area contributed by atoms with Gasteiger partial charge in [0.05, 0.1) is 10.9 Å². The van der Waals surface area contributed by atoms with Gasteiger partial charge in [0.1, 0.15) is 5.25 Å². The van der Waals surface area contributed by atoms with Crippen molar-refractivity contribution >= 4 is 35.0 Å². The number of carbonyl (C=O) groups is 1. The van der Waals surface area contributed by atoms with Crippen LogP contribution in [0.1, 0.15) is 5.56 Å². The summed E-state index contributed by atoms with van der Waals surface area (Å²) in [5.41, 5.74) is 1.86. The van der Waals surface area contributed by atoms with Crippen molar-refractivity contribution < 1.29 is 23.8 Å². The monoisotopic (exact) mass is 595 g/mol. The standard InChI is InChI=1S/C10H9FN2O.C4H4NO3S.Fm/c1-7-3-2-4-9-8(7)5-12-10(13-9)14-6-11;6-1-5-3-2(9-3)4(7)8;/h2-5H,6H2,1H3;2-3H,(H,5,6)(H,7,8);/q;-1;. The number of ether oxygens (including phenoxy) is 1. The predicted molar refractivity (Wildman–Crippen MR) is 82.5 cm³/mol. The van der Waals surface area contributed by atoms with Crippen LogP contribution >= 0.6 is 11.8 Å². The fourth-order valence-corrected chi connectivity index (χ4v) is 2.41. The van der Waals surface area contributed by atoms with Crippen molar-refractivity contribution in [3.8, 4) is 6.01 Å². The van der Waals surface area contributed by atoms with Crippen molar-refractivity contribution in [1.29, 1.82) is 0 Å². The summed E-state index contributed by atoms with van der Waals surface area (Å²) in [5, 5.41) is 10.7. The second kappa shape index (κ2) is 8.28. The van der Waals surface area contributed by atoms with E-state index in [1.807, 2.05) is 25.1 Å². The third-order valence-corrected chi connectivity index (χ3v) is 4.08. The van der Waals surface area contributed by atoms with Gasteiger partial charge in [-0.15, -0.1) is 11.8 Å². The van der Waals surface area contributed by atoms with Gasteiger partial charge < -0.3 is 20.0 Å². The van der Waals surface area contributed by atoms with Gasteiger partial charge in [0, 0.05) is 11.6 Å². The van der Waals surface area contributed by atoms with Crippen molar-refractivity contribution in [2.24, 2.45) is 0 Å². The molecule has 10 heteroatoms. The minimum atomic E-state index is -0.905. The first-order valence-electron chi connectivity index (χ1n) is 6.49. The van der Waals surface area contributed by atoms with Gasteiger partial charge in [-0.1, -0.05) is 12.1 Å². The van der Waals surface area contributed by atoms with Gasteiger partial charge in [-0.3, -0.25) is 4.79 Å². The molecular weight excluding hydrogens is 582 g/mol. The Kier molecular flexibility index (Phi) is 6.42. The molecule has 1 amide bonds. The summed E-state index contributed by atoms with van der Waals surface area (Å²) >= 11 is 1.20. The molecule has 2 heterocycles. The molecule has 0 radical (unpaired) electrons. The summed E-state index contributed by atoms with van der Waals surface area (Å²) < 4.78 is 16.4. The Labute approximate surface area is 135 Å². The number of carboxylic acid groups (broad SMARTS) is 1. The molecule has 0 saturated carbocycles. The van der Waals surface area contributed by atoms with Crippen molar-refractivity contribution in [1.82, 2.24) is 15.3 Å². The molecule has 1 saturated heterocycles. The number of aromatic nitrogens is 2. The third-order valence-electron chi connectivity index (χ3n) is 2.94. The number of benzene rings is 1. The summed E-state index contributed by atoms with van der Waals surface area (Å²) in [6, 6.07) is 5.78. The number of aliphatic carboxylic acids is 1. The van der Waals surface area contributed by atoms with E-state index in [4.69, 9.17) is 5.11 Å². The number of carboxylic acids is 1. The smallest absolute Gasteiger partial charge is 0.319 e. The Morgan fingerprint density at radius 3 is 2.88 bits per heavy atom. The molecule has 2 unspecified atom stereocenters. The molecule has 134 valence electrons. The Morgan fingerprint density at radius 1 is 1.54 bits per heavy atom. The first kappa shape index (κ1) is 18.6. The van der Waals surface area contributed by atoms with E-state index in [2.05, 4.69) is 20.0 Å². The normalized spacial score (nSPS) is 17.8. The quantitative estimate of drug-likeness (QED) is 0.307. The number of thioether (sulfide) groups is 1. The Hall–Kier alpha value is -3.42. The zero-order chi connectivity index (χ0) is 16.8. The van der Waals surface area contributed by atoms with E-state index in [-0.39, 0.29) is 11.4 Å². The molecule has 0 spiro atoms. The Morgan fingerprint density at radius 2 is 2.29 bits per heavy atom. The second-order valence-electron chi connectivity index (χ2n) is 4.48. The minimum Gasteiger partial charge on any atom is -0.520 e. The van der Waals surface area contributed by atoms with Gasteiger partial charge in [0.15, 0.2) is 0 Å². The first-order chi connectivity index (χ1) is 11.1. The molecule has 0 aliphatic carbocycles. The molecule has 1 aromatic heterocycles. The van der Waals surface area contributed by atoms with Crippen LogP contribution in [0, 0.1) is 6.92 Å². The predicted octanol–water partition coefficient (Wildman–Crippen LogP) is 1.41. The number of fused-ring (bicyclic) bond motifs is 1. The van der Waals surface area contributed by atoms with E-state index < -0.39 is 18.1 Å². The average Bonchev–Trinajstić information content (AvgIpc) is 3.29. The summed E-state index contributed by atoms with van der Waals surface area (Å²) in [6.45, 7) is 1.07. The van der Waals surface area contributed by atoms with Crippen LogP contribution in [0.4, 0.5) is 4.39 Å². The van der Waals surface area contributed by atoms with E-state index >= 15 is 0 Å². The van der Waals surface area contributed by atoms with Crippen LogP contribution in [0.15, 0.2) is 24.4 Å². The van der Waals surface area contributed by atoms with Gasteiger partial charge in [-0.25, -0.2) is 9.37 Å². The van der Waals surface area contributed by atoms with Crippen molar-refractivity contribution in [3.63, 3.8) is 0 Å². The topological polar surface area (TPSA) is 101 Å². The van der Waals surface area contributed by atoms with E-state index in [0.717, 1.165) is 16.5 Å². The zero-order valence-corrected chi connectivity index (χ0v) is 15.5. The molecule has 1 aliphatic rings. The fourth-order valence-electron chi connectivity index (χ4n) is 1.77. The number of hydrogen-bond donors (Lipinski definition) is 2.